The van der Waals surface area contributed by atoms with Crippen molar-refractivity contribution < 1.29 is 0 Å². The Morgan fingerprint density at radius 3 is 3.00 bits per heavy atom. The molecule has 20 heavy (non-hydrogen) atoms. The van der Waals surface area contributed by atoms with Gasteiger partial charge in [0.25, 0.3) is 0 Å². The summed E-state index contributed by atoms with van der Waals surface area (Å²) in [5.74, 6) is 0. The molecule has 104 valence electrons. The maximum absolute atomic E-state index is 6.09. The number of hydrogen-bond donors (Lipinski definition) is 1. The van der Waals surface area contributed by atoms with E-state index in [9.17, 15) is 0 Å². The van der Waals surface area contributed by atoms with E-state index in [1.54, 1.807) is 11.3 Å². The van der Waals surface area contributed by atoms with Crippen LogP contribution in [0.4, 0.5) is 0 Å². The Morgan fingerprint density at radius 1 is 1.45 bits per heavy atom. The first-order chi connectivity index (χ1) is 9.67. The van der Waals surface area contributed by atoms with Gasteiger partial charge in [0.05, 0.1) is 5.69 Å². The van der Waals surface area contributed by atoms with Crippen molar-refractivity contribution in [2.24, 2.45) is 0 Å². The number of fused-ring (bicyclic) bond motifs is 1. The summed E-state index contributed by atoms with van der Waals surface area (Å²) < 4.78 is 2.07. The number of thiazole rings is 1. The summed E-state index contributed by atoms with van der Waals surface area (Å²) in [6.07, 6.45) is 5.00. The smallest absolute Gasteiger partial charge is 0.193 e. The fourth-order valence-electron chi connectivity index (χ4n) is 2.35. The lowest BCUT2D eigenvalue weighted by molar-refractivity contribution is 0.585. The van der Waals surface area contributed by atoms with E-state index in [0.29, 0.717) is 0 Å². The van der Waals surface area contributed by atoms with Crippen LogP contribution in [0.5, 0.6) is 0 Å². The molecule has 5 heteroatoms. The third-order valence-corrected chi connectivity index (χ3v) is 4.68. The van der Waals surface area contributed by atoms with E-state index in [1.165, 1.54) is 5.56 Å². The number of aromatic nitrogens is 2. The Morgan fingerprint density at radius 2 is 2.30 bits per heavy atom. The van der Waals surface area contributed by atoms with Crippen molar-refractivity contribution in [1.29, 1.82) is 0 Å². The molecule has 0 spiro atoms. The van der Waals surface area contributed by atoms with Crippen molar-refractivity contribution in [3.63, 3.8) is 0 Å². The number of imidazole rings is 1. The number of benzene rings is 1. The predicted octanol–water partition coefficient (Wildman–Crippen LogP) is 3.86. The van der Waals surface area contributed by atoms with Crippen molar-refractivity contribution >= 4 is 27.9 Å². The van der Waals surface area contributed by atoms with Crippen LogP contribution in [0.25, 0.3) is 4.96 Å². The van der Waals surface area contributed by atoms with Gasteiger partial charge in [0.1, 0.15) is 0 Å². The molecule has 0 radical (unpaired) electrons. The van der Waals surface area contributed by atoms with E-state index in [2.05, 4.69) is 33.0 Å². The highest BCUT2D eigenvalue weighted by Crippen LogP contribution is 2.23. The second-order valence-electron chi connectivity index (χ2n) is 4.88. The lowest BCUT2D eigenvalue weighted by atomic mass is 10.0. The van der Waals surface area contributed by atoms with E-state index in [-0.39, 0.29) is 6.04 Å². The van der Waals surface area contributed by atoms with Crippen LogP contribution >= 0.6 is 22.9 Å². The summed E-state index contributed by atoms with van der Waals surface area (Å²) >= 11 is 7.75. The first-order valence-electron chi connectivity index (χ1n) is 6.52. The van der Waals surface area contributed by atoms with Gasteiger partial charge >= 0.3 is 0 Å². The standard InChI is InChI=1S/C15H16ClN3S/c1-10-7-11(3-4-13(10)16)14(17-2)8-12-9-19-5-6-20-15(19)18-12/h3-7,9,14,17H,8H2,1-2H3. The summed E-state index contributed by atoms with van der Waals surface area (Å²) in [7, 11) is 1.98. The highest BCUT2D eigenvalue weighted by atomic mass is 35.5. The number of hydrogen-bond acceptors (Lipinski definition) is 3. The second kappa shape index (κ2) is 5.56. The molecule has 0 aliphatic rings. The monoisotopic (exact) mass is 305 g/mol. The van der Waals surface area contributed by atoms with Gasteiger partial charge < -0.3 is 5.32 Å². The van der Waals surface area contributed by atoms with Crippen LogP contribution in [0.2, 0.25) is 5.02 Å². The Kier molecular flexibility index (Phi) is 3.78. The maximum Gasteiger partial charge on any atom is 0.193 e. The first-order valence-corrected chi connectivity index (χ1v) is 7.77. The first kappa shape index (κ1) is 13.6. The number of nitrogens with one attached hydrogen (secondary N) is 1. The minimum absolute atomic E-state index is 0.246. The van der Waals surface area contributed by atoms with Gasteiger partial charge in [-0.25, -0.2) is 4.98 Å². The molecule has 0 fully saturated rings. The van der Waals surface area contributed by atoms with E-state index in [0.717, 1.165) is 27.7 Å². The van der Waals surface area contributed by atoms with Gasteiger partial charge in [-0.1, -0.05) is 23.7 Å². The summed E-state index contributed by atoms with van der Waals surface area (Å²) in [4.78, 5) is 5.69. The Balaban J connectivity index is 1.85. The van der Waals surface area contributed by atoms with Gasteiger partial charge in [0.15, 0.2) is 4.96 Å². The molecule has 2 heterocycles. The van der Waals surface area contributed by atoms with Gasteiger partial charge in [-0.2, -0.15) is 0 Å². The molecule has 0 bridgehead atoms. The van der Waals surface area contributed by atoms with Crippen molar-refractivity contribution in [3.05, 3.63) is 57.8 Å². The second-order valence-corrected chi connectivity index (χ2v) is 6.16. The Bertz CT molecular complexity index is 703. The minimum atomic E-state index is 0.246. The van der Waals surface area contributed by atoms with Crippen LogP contribution in [0.1, 0.15) is 22.9 Å². The normalized spacial score (nSPS) is 12.9. The zero-order chi connectivity index (χ0) is 14.1. The molecule has 0 saturated heterocycles. The van der Waals surface area contributed by atoms with Crippen LogP contribution in [0, 0.1) is 6.92 Å². The lowest BCUT2D eigenvalue weighted by Gasteiger charge is -2.16. The molecule has 3 rings (SSSR count). The van der Waals surface area contributed by atoms with Gasteiger partial charge in [0.2, 0.25) is 0 Å². The van der Waals surface area contributed by atoms with Gasteiger partial charge in [-0.05, 0) is 31.2 Å². The molecule has 1 unspecified atom stereocenters. The average molecular weight is 306 g/mol. The fraction of sp³-hybridized carbons (Fsp3) is 0.267. The third-order valence-electron chi connectivity index (χ3n) is 3.49. The number of aryl methyl sites for hydroxylation is 1. The van der Waals surface area contributed by atoms with Crippen LogP contribution in [0.3, 0.4) is 0 Å². The molecule has 1 atom stereocenters. The van der Waals surface area contributed by atoms with E-state index in [4.69, 9.17) is 11.6 Å². The topological polar surface area (TPSA) is 29.3 Å². The minimum Gasteiger partial charge on any atom is -0.313 e. The quantitative estimate of drug-likeness (QED) is 0.793. The molecule has 2 aromatic heterocycles. The summed E-state index contributed by atoms with van der Waals surface area (Å²) in [5, 5.41) is 6.22. The average Bonchev–Trinajstić information content (AvgIpc) is 3.00. The number of likely N-dealkylation sites (N-methyl/N-ethyl adjacent to an activating group) is 1. The molecular weight excluding hydrogens is 290 g/mol. The van der Waals surface area contributed by atoms with Crippen molar-refractivity contribution in [2.45, 2.75) is 19.4 Å². The molecule has 3 aromatic rings. The highest BCUT2D eigenvalue weighted by molar-refractivity contribution is 7.15. The summed E-state index contributed by atoms with van der Waals surface area (Å²) in [6, 6.07) is 6.43. The zero-order valence-electron chi connectivity index (χ0n) is 11.4. The Labute approximate surface area is 127 Å². The molecule has 1 N–H and O–H groups in total. The largest absolute Gasteiger partial charge is 0.313 e. The van der Waals surface area contributed by atoms with Crippen LogP contribution in [-0.2, 0) is 6.42 Å². The zero-order valence-corrected chi connectivity index (χ0v) is 13.0. The van der Waals surface area contributed by atoms with E-state index >= 15 is 0 Å². The van der Waals surface area contributed by atoms with E-state index < -0.39 is 0 Å². The number of halogens is 1. The Hall–Kier alpha value is -1.36. The summed E-state index contributed by atoms with van der Waals surface area (Å²) in [6.45, 7) is 2.03. The fourth-order valence-corrected chi connectivity index (χ4v) is 3.19. The van der Waals surface area contributed by atoms with Crippen molar-refractivity contribution in [2.75, 3.05) is 7.05 Å². The van der Waals surface area contributed by atoms with Crippen molar-refractivity contribution in [3.8, 4) is 0 Å². The summed E-state index contributed by atoms with van der Waals surface area (Å²) in [5.41, 5.74) is 3.45. The number of rotatable bonds is 4. The highest BCUT2D eigenvalue weighted by Gasteiger charge is 2.13. The van der Waals surface area contributed by atoms with E-state index in [1.807, 2.05) is 31.6 Å². The van der Waals surface area contributed by atoms with Gasteiger partial charge in [-0.3, -0.25) is 4.40 Å². The van der Waals surface area contributed by atoms with Crippen LogP contribution < -0.4 is 5.32 Å². The molecular formula is C15H16ClN3S. The molecule has 1 aromatic carbocycles. The predicted molar refractivity (Wildman–Crippen MR) is 84.8 cm³/mol. The van der Waals surface area contributed by atoms with Gasteiger partial charge in [0, 0.05) is 35.3 Å². The third kappa shape index (κ3) is 2.59. The van der Waals surface area contributed by atoms with Gasteiger partial charge in [-0.15, -0.1) is 11.3 Å². The molecule has 0 aliphatic carbocycles. The maximum atomic E-state index is 6.09. The molecule has 0 aliphatic heterocycles. The number of nitrogens with zero attached hydrogens (tertiary/aromatic N) is 2. The van der Waals surface area contributed by atoms with Crippen molar-refractivity contribution in [1.82, 2.24) is 14.7 Å². The van der Waals surface area contributed by atoms with Crippen LogP contribution in [-0.4, -0.2) is 16.4 Å². The molecule has 0 amide bonds. The van der Waals surface area contributed by atoms with Crippen LogP contribution in [0.15, 0.2) is 36.0 Å². The molecule has 3 nitrogen and oxygen atoms in total. The lowest BCUT2D eigenvalue weighted by Crippen LogP contribution is -2.19. The molecule has 0 saturated carbocycles. The SMILES string of the molecule is CNC(Cc1cn2ccsc2n1)c1ccc(Cl)c(C)c1.